The number of methoxy groups -OCH3 is 3. The number of hydrogen-bond acceptors (Lipinski definition) is 7. The fourth-order valence-electron chi connectivity index (χ4n) is 2.91. The van der Waals surface area contributed by atoms with Gasteiger partial charge in [0.2, 0.25) is 5.75 Å². The van der Waals surface area contributed by atoms with Crippen LogP contribution in [0.5, 0.6) is 17.2 Å². The topological polar surface area (TPSA) is 77.1 Å². The van der Waals surface area contributed by atoms with Crippen LogP contribution in [0.2, 0.25) is 0 Å². The molecule has 7 nitrogen and oxygen atoms in total. The van der Waals surface area contributed by atoms with Crippen LogP contribution in [0.25, 0.3) is 6.08 Å². The lowest BCUT2D eigenvalue weighted by Gasteiger charge is -2.15. The van der Waals surface area contributed by atoms with E-state index in [0.29, 0.717) is 27.7 Å². The van der Waals surface area contributed by atoms with Gasteiger partial charge in [-0.2, -0.15) is 0 Å². The maximum atomic E-state index is 12.7. The molecule has 0 radical (unpaired) electrons. The second-order valence-corrected chi connectivity index (χ2v) is 7.21. The second kappa shape index (κ2) is 8.91. The minimum atomic E-state index is -0.352. The molecule has 0 saturated carbocycles. The van der Waals surface area contributed by atoms with Gasteiger partial charge in [0.15, 0.2) is 11.5 Å². The van der Waals surface area contributed by atoms with Crippen molar-refractivity contribution in [1.29, 1.82) is 0 Å². The van der Waals surface area contributed by atoms with Crippen LogP contribution in [0.3, 0.4) is 0 Å². The zero-order chi connectivity index (χ0) is 21.0. The van der Waals surface area contributed by atoms with Crippen molar-refractivity contribution in [3.63, 3.8) is 0 Å². The van der Waals surface area contributed by atoms with Gasteiger partial charge in [0.05, 0.1) is 32.9 Å². The van der Waals surface area contributed by atoms with E-state index in [9.17, 15) is 9.59 Å². The Bertz CT molecular complexity index is 948. The molecule has 0 unspecified atom stereocenters. The lowest BCUT2D eigenvalue weighted by molar-refractivity contribution is -0.122. The summed E-state index contributed by atoms with van der Waals surface area (Å²) in [5.41, 5.74) is 2.57. The number of nitrogens with zero attached hydrogens (tertiary/aromatic N) is 1. The molecule has 2 aromatic rings. The van der Waals surface area contributed by atoms with Crippen LogP contribution < -0.4 is 19.5 Å². The molecule has 2 amide bonds. The van der Waals surface area contributed by atoms with E-state index in [4.69, 9.17) is 14.2 Å². The summed E-state index contributed by atoms with van der Waals surface area (Å²) >= 11 is 0.898. The average Bonchev–Trinajstić information content (AvgIpc) is 2.99. The van der Waals surface area contributed by atoms with E-state index in [-0.39, 0.29) is 17.8 Å². The molecule has 1 N–H and O–H groups in total. The number of rotatable bonds is 7. The largest absolute Gasteiger partial charge is 0.493 e. The van der Waals surface area contributed by atoms with Gasteiger partial charge in [0, 0.05) is 5.69 Å². The Morgan fingerprint density at radius 3 is 2.28 bits per heavy atom. The molecule has 0 atom stereocenters. The quantitative estimate of drug-likeness (QED) is 0.683. The highest BCUT2D eigenvalue weighted by Crippen LogP contribution is 2.40. The van der Waals surface area contributed by atoms with Gasteiger partial charge in [-0.25, -0.2) is 0 Å². The number of aryl methyl sites for hydroxylation is 1. The summed E-state index contributed by atoms with van der Waals surface area (Å²) in [4.78, 5) is 26.6. The van der Waals surface area contributed by atoms with Gasteiger partial charge in [-0.05, 0) is 54.1 Å². The Morgan fingerprint density at radius 2 is 1.69 bits per heavy atom. The summed E-state index contributed by atoms with van der Waals surface area (Å²) in [5, 5.41) is 2.81. The molecule has 0 bridgehead atoms. The molecule has 0 aliphatic carbocycles. The van der Waals surface area contributed by atoms with Gasteiger partial charge >= 0.3 is 0 Å². The minimum absolute atomic E-state index is 0.0993. The normalized spacial score (nSPS) is 15.0. The van der Waals surface area contributed by atoms with Crippen LogP contribution in [0.1, 0.15) is 11.1 Å². The van der Waals surface area contributed by atoms with Gasteiger partial charge in [0.1, 0.15) is 0 Å². The molecule has 1 heterocycles. The van der Waals surface area contributed by atoms with Crippen LogP contribution in [-0.4, -0.2) is 44.0 Å². The molecule has 0 spiro atoms. The summed E-state index contributed by atoms with van der Waals surface area (Å²) in [6.07, 6.45) is 1.64. The number of carbonyl (C=O) groups excluding carboxylic acids is 2. The number of ether oxygens (including phenoxy) is 3. The lowest BCUT2D eigenvalue weighted by Crippen LogP contribution is -2.33. The number of benzene rings is 2. The third-order valence-corrected chi connectivity index (χ3v) is 5.34. The highest BCUT2D eigenvalue weighted by molar-refractivity contribution is 8.18. The maximum Gasteiger partial charge on any atom is 0.295 e. The summed E-state index contributed by atoms with van der Waals surface area (Å²) in [6, 6.07) is 11.1. The molecule has 1 aliphatic rings. The Balaban J connectivity index is 1.82. The average molecular weight is 414 g/mol. The van der Waals surface area contributed by atoms with Gasteiger partial charge in [-0.15, -0.1) is 0 Å². The van der Waals surface area contributed by atoms with Crippen LogP contribution in [0, 0.1) is 6.92 Å². The molecule has 1 aliphatic heterocycles. The summed E-state index contributed by atoms with van der Waals surface area (Å²) < 4.78 is 16.0. The van der Waals surface area contributed by atoms with E-state index in [1.54, 1.807) is 18.2 Å². The highest BCUT2D eigenvalue weighted by atomic mass is 32.2. The Kier molecular flexibility index (Phi) is 6.33. The first kappa shape index (κ1) is 20.6. The highest BCUT2D eigenvalue weighted by Gasteiger charge is 2.35. The fraction of sp³-hybridized carbons (Fsp3) is 0.238. The first-order valence-corrected chi connectivity index (χ1v) is 9.65. The third-order valence-electron chi connectivity index (χ3n) is 4.43. The lowest BCUT2D eigenvalue weighted by atomic mass is 10.1. The minimum Gasteiger partial charge on any atom is -0.493 e. The van der Waals surface area contributed by atoms with Crippen molar-refractivity contribution >= 4 is 34.7 Å². The van der Waals surface area contributed by atoms with E-state index in [1.807, 2.05) is 31.2 Å². The fourth-order valence-corrected chi connectivity index (χ4v) is 3.75. The van der Waals surface area contributed by atoms with Crippen molar-refractivity contribution < 1.29 is 23.8 Å². The van der Waals surface area contributed by atoms with Crippen molar-refractivity contribution in [2.24, 2.45) is 0 Å². The van der Waals surface area contributed by atoms with E-state index < -0.39 is 0 Å². The SMILES string of the molecule is COc1cc(/C=C2/SC(=O)N(CNc3ccccc3C)C2=O)cc(OC)c1OC. The van der Waals surface area contributed by atoms with E-state index in [0.717, 1.165) is 23.0 Å². The molecular formula is C21H22N2O5S. The molecule has 3 rings (SSSR count). The number of amides is 2. The van der Waals surface area contributed by atoms with Crippen LogP contribution in [0.15, 0.2) is 41.3 Å². The molecule has 0 aromatic heterocycles. The molecule has 1 saturated heterocycles. The summed E-state index contributed by atoms with van der Waals surface area (Å²) in [6.45, 7) is 2.06. The van der Waals surface area contributed by atoms with E-state index >= 15 is 0 Å². The molecule has 1 fully saturated rings. The predicted molar refractivity (Wildman–Crippen MR) is 114 cm³/mol. The van der Waals surface area contributed by atoms with Crippen molar-refractivity contribution in [2.45, 2.75) is 6.92 Å². The van der Waals surface area contributed by atoms with Crippen LogP contribution in [0.4, 0.5) is 10.5 Å². The van der Waals surface area contributed by atoms with Crippen molar-refractivity contribution in [2.75, 3.05) is 33.3 Å². The predicted octanol–water partition coefficient (Wildman–Crippen LogP) is 4.13. The molecular weight excluding hydrogens is 392 g/mol. The van der Waals surface area contributed by atoms with Crippen LogP contribution in [-0.2, 0) is 4.79 Å². The second-order valence-electron chi connectivity index (χ2n) is 6.22. The molecule has 2 aromatic carbocycles. The zero-order valence-corrected chi connectivity index (χ0v) is 17.5. The first-order chi connectivity index (χ1) is 14.0. The number of anilines is 1. The maximum absolute atomic E-state index is 12.7. The molecule has 29 heavy (non-hydrogen) atoms. The Morgan fingerprint density at radius 1 is 1.03 bits per heavy atom. The van der Waals surface area contributed by atoms with Gasteiger partial charge in [-0.3, -0.25) is 14.5 Å². The van der Waals surface area contributed by atoms with Gasteiger partial charge in [-0.1, -0.05) is 18.2 Å². The first-order valence-electron chi connectivity index (χ1n) is 8.83. The van der Waals surface area contributed by atoms with Crippen molar-refractivity contribution in [3.05, 3.63) is 52.4 Å². The van der Waals surface area contributed by atoms with E-state index in [2.05, 4.69) is 5.32 Å². The summed E-state index contributed by atoms with van der Waals surface area (Å²) in [5.74, 6) is 1.05. The molecule has 8 heteroatoms. The van der Waals surface area contributed by atoms with Gasteiger partial charge < -0.3 is 19.5 Å². The molecule has 152 valence electrons. The number of nitrogens with one attached hydrogen (secondary N) is 1. The monoisotopic (exact) mass is 414 g/mol. The Labute approximate surface area is 173 Å². The summed E-state index contributed by atoms with van der Waals surface area (Å²) in [7, 11) is 4.56. The zero-order valence-electron chi connectivity index (χ0n) is 16.6. The number of thioether (sulfide) groups is 1. The number of carbonyl (C=O) groups is 2. The van der Waals surface area contributed by atoms with Gasteiger partial charge in [0.25, 0.3) is 11.1 Å². The van der Waals surface area contributed by atoms with E-state index in [1.165, 1.54) is 26.2 Å². The Hall–Kier alpha value is -3.13. The number of imide groups is 1. The van der Waals surface area contributed by atoms with Crippen LogP contribution >= 0.6 is 11.8 Å². The van der Waals surface area contributed by atoms with Crippen molar-refractivity contribution in [1.82, 2.24) is 4.90 Å². The standard InChI is InChI=1S/C21H22N2O5S/c1-13-7-5-6-8-15(13)22-12-23-20(24)18(29-21(23)25)11-14-9-16(26-2)19(28-4)17(10-14)27-3/h5-11,22H,12H2,1-4H3/b18-11+. The number of para-hydroxylation sites is 1. The smallest absolute Gasteiger partial charge is 0.295 e. The van der Waals surface area contributed by atoms with Crippen molar-refractivity contribution in [3.8, 4) is 17.2 Å². The third kappa shape index (κ3) is 4.32. The number of hydrogen-bond donors (Lipinski definition) is 1.